The van der Waals surface area contributed by atoms with Crippen molar-refractivity contribution in [3.63, 3.8) is 0 Å². The predicted molar refractivity (Wildman–Crippen MR) is 77.1 cm³/mol. The van der Waals surface area contributed by atoms with E-state index >= 15 is 0 Å². The highest BCUT2D eigenvalue weighted by Gasteiger charge is 2.34. The minimum absolute atomic E-state index is 0.294. The maximum Gasteiger partial charge on any atom is 0.317 e. The van der Waals surface area contributed by atoms with Gasteiger partial charge in [0.15, 0.2) is 11.6 Å². The molecular formula is C15H15F2NO2S. The van der Waals surface area contributed by atoms with E-state index in [4.69, 9.17) is 4.74 Å². The van der Waals surface area contributed by atoms with Crippen LogP contribution in [0, 0.1) is 11.6 Å². The SMILES string of the molecule is CCOC(=O)C(C)(C)c1csc(-c2ccc(F)c(F)c2)n1. The summed E-state index contributed by atoms with van der Waals surface area (Å²) in [5.41, 5.74) is 0.138. The van der Waals surface area contributed by atoms with E-state index < -0.39 is 17.0 Å². The Morgan fingerprint density at radius 3 is 2.67 bits per heavy atom. The van der Waals surface area contributed by atoms with Crippen molar-refractivity contribution in [2.45, 2.75) is 26.2 Å². The van der Waals surface area contributed by atoms with Crippen LogP contribution in [0.2, 0.25) is 0 Å². The molecule has 0 unspecified atom stereocenters. The number of hydrogen-bond donors (Lipinski definition) is 0. The van der Waals surface area contributed by atoms with Gasteiger partial charge in [-0.05, 0) is 39.0 Å². The zero-order valence-electron chi connectivity index (χ0n) is 11.9. The molecular weight excluding hydrogens is 296 g/mol. The van der Waals surface area contributed by atoms with Gasteiger partial charge in [0, 0.05) is 10.9 Å². The van der Waals surface area contributed by atoms with Gasteiger partial charge in [0.1, 0.15) is 10.4 Å². The van der Waals surface area contributed by atoms with Gasteiger partial charge in [-0.25, -0.2) is 13.8 Å². The number of ether oxygens (including phenoxy) is 1. The monoisotopic (exact) mass is 311 g/mol. The van der Waals surface area contributed by atoms with Gasteiger partial charge in [-0.2, -0.15) is 0 Å². The normalized spacial score (nSPS) is 11.5. The summed E-state index contributed by atoms with van der Waals surface area (Å²) >= 11 is 1.27. The molecule has 0 saturated heterocycles. The van der Waals surface area contributed by atoms with Gasteiger partial charge in [0.05, 0.1) is 12.3 Å². The van der Waals surface area contributed by atoms with Crippen molar-refractivity contribution in [3.05, 3.63) is 40.9 Å². The number of esters is 1. The van der Waals surface area contributed by atoms with E-state index in [0.717, 1.165) is 12.1 Å². The lowest BCUT2D eigenvalue weighted by Crippen LogP contribution is -2.31. The number of thiazole rings is 1. The Hall–Kier alpha value is -1.82. The summed E-state index contributed by atoms with van der Waals surface area (Å²) in [7, 11) is 0. The molecule has 3 nitrogen and oxygen atoms in total. The van der Waals surface area contributed by atoms with E-state index in [1.807, 2.05) is 0 Å². The molecule has 6 heteroatoms. The first-order valence-corrected chi connectivity index (χ1v) is 7.33. The molecule has 21 heavy (non-hydrogen) atoms. The highest BCUT2D eigenvalue weighted by Crippen LogP contribution is 2.31. The second kappa shape index (κ2) is 5.89. The van der Waals surface area contributed by atoms with Gasteiger partial charge >= 0.3 is 5.97 Å². The Labute approximate surface area is 125 Å². The third kappa shape index (κ3) is 3.10. The molecule has 0 aliphatic carbocycles. The number of benzene rings is 1. The van der Waals surface area contributed by atoms with Gasteiger partial charge in [-0.1, -0.05) is 0 Å². The van der Waals surface area contributed by atoms with E-state index in [1.54, 1.807) is 26.2 Å². The number of hydrogen-bond acceptors (Lipinski definition) is 4. The van der Waals surface area contributed by atoms with Crippen LogP contribution in [0.25, 0.3) is 10.6 Å². The van der Waals surface area contributed by atoms with E-state index in [-0.39, 0.29) is 5.97 Å². The Morgan fingerprint density at radius 1 is 1.33 bits per heavy atom. The second-order valence-electron chi connectivity index (χ2n) is 5.01. The third-order valence-corrected chi connectivity index (χ3v) is 3.99. The fourth-order valence-corrected chi connectivity index (χ4v) is 2.72. The lowest BCUT2D eigenvalue weighted by molar-refractivity contribution is -0.148. The molecule has 0 aliphatic rings. The van der Waals surface area contributed by atoms with E-state index in [2.05, 4.69) is 4.98 Å². The Bertz CT molecular complexity index is 667. The van der Waals surface area contributed by atoms with Crippen LogP contribution >= 0.6 is 11.3 Å². The first-order valence-electron chi connectivity index (χ1n) is 6.45. The van der Waals surface area contributed by atoms with Crippen molar-refractivity contribution in [2.75, 3.05) is 6.61 Å². The van der Waals surface area contributed by atoms with Gasteiger partial charge in [-0.3, -0.25) is 4.79 Å². The summed E-state index contributed by atoms with van der Waals surface area (Å²) in [6.45, 7) is 5.47. The number of nitrogens with zero attached hydrogens (tertiary/aromatic N) is 1. The van der Waals surface area contributed by atoms with Crippen LogP contribution in [0.4, 0.5) is 8.78 Å². The molecule has 0 aliphatic heterocycles. The average Bonchev–Trinajstić information content (AvgIpc) is 2.92. The number of rotatable bonds is 4. The zero-order chi connectivity index (χ0) is 15.6. The number of halogens is 2. The van der Waals surface area contributed by atoms with Crippen molar-refractivity contribution < 1.29 is 18.3 Å². The number of carbonyl (C=O) groups is 1. The standard InChI is InChI=1S/C15H15F2NO2S/c1-4-20-14(19)15(2,3)12-8-21-13(18-12)9-5-6-10(16)11(17)7-9/h5-8H,4H2,1-3H3. The molecule has 1 aromatic carbocycles. The molecule has 0 atom stereocenters. The molecule has 2 rings (SSSR count). The minimum Gasteiger partial charge on any atom is -0.465 e. The van der Waals surface area contributed by atoms with Gasteiger partial charge in [-0.15, -0.1) is 11.3 Å². The molecule has 0 radical (unpaired) electrons. The summed E-state index contributed by atoms with van der Waals surface area (Å²) in [6, 6.07) is 3.61. The summed E-state index contributed by atoms with van der Waals surface area (Å²) in [6.07, 6.45) is 0. The molecule has 112 valence electrons. The van der Waals surface area contributed by atoms with E-state index in [1.165, 1.54) is 17.4 Å². The topological polar surface area (TPSA) is 39.2 Å². The molecule has 2 aromatic rings. The first-order chi connectivity index (χ1) is 9.86. The van der Waals surface area contributed by atoms with Crippen molar-refractivity contribution in [3.8, 4) is 10.6 Å². The quantitative estimate of drug-likeness (QED) is 0.803. The highest BCUT2D eigenvalue weighted by molar-refractivity contribution is 7.13. The summed E-state index contributed by atoms with van der Waals surface area (Å²) < 4.78 is 31.2. The Kier molecular flexibility index (Phi) is 4.37. The highest BCUT2D eigenvalue weighted by atomic mass is 32.1. The van der Waals surface area contributed by atoms with Crippen molar-refractivity contribution in [1.82, 2.24) is 4.98 Å². The van der Waals surface area contributed by atoms with Crippen LogP contribution in [0.3, 0.4) is 0 Å². The molecule has 0 fully saturated rings. The molecule has 0 saturated carbocycles. The fourth-order valence-electron chi connectivity index (χ4n) is 1.74. The van der Waals surface area contributed by atoms with Gasteiger partial charge in [0.2, 0.25) is 0 Å². The van der Waals surface area contributed by atoms with Crippen LogP contribution in [0.1, 0.15) is 26.5 Å². The number of carbonyl (C=O) groups excluding carboxylic acids is 1. The lowest BCUT2D eigenvalue weighted by Gasteiger charge is -2.19. The summed E-state index contributed by atoms with van der Waals surface area (Å²) in [5.74, 6) is -2.19. The van der Waals surface area contributed by atoms with Gasteiger partial charge < -0.3 is 4.74 Å². The smallest absolute Gasteiger partial charge is 0.317 e. The van der Waals surface area contributed by atoms with Crippen LogP contribution in [0.5, 0.6) is 0 Å². The maximum atomic E-state index is 13.3. The fraction of sp³-hybridized carbons (Fsp3) is 0.333. The largest absolute Gasteiger partial charge is 0.465 e. The lowest BCUT2D eigenvalue weighted by atomic mass is 9.90. The summed E-state index contributed by atoms with van der Waals surface area (Å²) in [4.78, 5) is 16.3. The molecule has 0 bridgehead atoms. The van der Waals surface area contributed by atoms with Gasteiger partial charge in [0.25, 0.3) is 0 Å². The van der Waals surface area contributed by atoms with E-state index in [0.29, 0.717) is 22.9 Å². The van der Waals surface area contributed by atoms with Crippen LogP contribution in [0.15, 0.2) is 23.6 Å². The van der Waals surface area contributed by atoms with Crippen molar-refractivity contribution >= 4 is 17.3 Å². The molecule has 0 spiro atoms. The van der Waals surface area contributed by atoms with Crippen LogP contribution in [-0.4, -0.2) is 17.6 Å². The zero-order valence-corrected chi connectivity index (χ0v) is 12.8. The molecule has 0 amide bonds. The maximum absolute atomic E-state index is 13.3. The molecule has 1 heterocycles. The third-order valence-electron chi connectivity index (χ3n) is 3.10. The van der Waals surface area contributed by atoms with Crippen molar-refractivity contribution in [1.29, 1.82) is 0 Å². The first kappa shape index (κ1) is 15.6. The van der Waals surface area contributed by atoms with E-state index in [9.17, 15) is 13.6 Å². The second-order valence-corrected chi connectivity index (χ2v) is 5.87. The van der Waals surface area contributed by atoms with Crippen LogP contribution < -0.4 is 0 Å². The Morgan fingerprint density at radius 2 is 2.05 bits per heavy atom. The average molecular weight is 311 g/mol. The molecule has 0 N–H and O–H groups in total. The predicted octanol–water partition coefficient (Wildman–Crippen LogP) is 3.93. The Balaban J connectivity index is 2.33. The van der Waals surface area contributed by atoms with Crippen LogP contribution in [-0.2, 0) is 14.9 Å². The molecule has 1 aromatic heterocycles. The number of aromatic nitrogens is 1. The van der Waals surface area contributed by atoms with Crippen molar-refractivity contribution in [2.24, 2.45) is 0 Å². The minimum atomic E-state index is -0.922. The summed E-state index contributed by atoms with van der Waals surface area (Å²) in [5, 5.41) is 2.26.